The van der Waals surface area contributed by atoms with Gasteiger partial charge in [-0.15, -0.1) is 0 Å². The van der Waals surface area contributed by atoms with Gasteiger partial charge in [-0.1, -0.05) is 17.7 Å². The second kappa shape index (κ2) is 3.01. The summed E-state index contributed by atoms with van der Waals surface area (Å²) in [6.07, 6.45) is 0. The Balaban J connectivity index is 2.73. The number of halogens is 1. The molecule has 12 heavy (non-hydrogen) atoms. The van der Waals surface area contributed by atoms with Gasteiger partial charge in [0.25, 0.3) is 0 Å². The van der Waals surface area contributed by atoms with Crippen molar-refractivity contribution in [3.63, 3.8) is 0 Å². The summed E-state index contributed by atoms with van der Waals surface area (Å²) in [7, 11) is 0. The fourth-order valence-corrected chi connectivity index (χ4v) is 1.99. The molecule has 1 aromatic carbocycles. The Hall–Kier alpha value is -0.640. The molecule has 0 aliphatic rings. The highest BCUT2D eigenvalue weighted by molar-refractivity contribution is 7.07. The lowest BCUT2D eigenvalue weighted by Crippen LogP contribution is -1.92. The predicted molar refractivity (Wildman–Crippen MR) is 52.5 cm³/mol. The van der Waals surface area contributed by atoms with Gasteiger partial charge in [0.1, 0.15) is 0 Å². The number of aromatic nitrogens is 1. The molecule has 0 aliphatic carbocycles. The zero-order valence-corrected chi connectivity index (χ0v) is 7.82. The molecule has 0 radical (unpaired) electrons. The van der Waals surface area contributed by atoms with Crippen LogP contribution >= 0.6 is 23.1 Å². The molecular formula is C8H7ClN2S. The number of hydrogen-bond donors (Lipinski definition) is 1. The molecule has 0 bridgehead atoms. The molecule has 2 aromatic rings. The minimum absolute atomic E-state index is 0.544. The van der Waals surface area contributed by atoms with Gasteiger partial charge in [0, 0.05) is 21.8 Å². The van der Waals surface area contributed by atoms with Crippen molar-refractivity contribution >= 4 is 34.0 Å². The number of nitrogens with two attached hydrogens (primary N) is 1. The zero-order chi connectivity index (χ0) is 8.55. The third kappa shape index (κ3) is 1.20. The van der Waals surface area contributed by atoms with E-state index < -0.39 is 0 Å². The topological polar surface area (TPSA) is 38.9 Å². The number of benzene rings is 1. The molecule has 0 aliphatic heterocycles. The molecule has 0 amide bonds. The molecule has 4 heteroatoms. The van der Waals surface area contributed by atoms with Crippen molar-refractivity contribution in [2.24, 2.45) is 5.73 Å². The van der Waals surface area contributed by atoms with Gasteiger partial charge in [-0.25, -0.2) is 0 Å². The highest BCUT2D eigenvalue weighted by Gasteiger charge is 2.03. The normalized spacial score (nSPS) is 10.8. The van der Waals surface area contributed by atoms with E-state index in [1.165, 1.54) is 11.5 Å². The van der Waals surface area contributed by atoms with Crippen molar-refractivity contribution < 1.29 is 0 Å². The van der Waals surface area contributed by atoms with Gasteiger partial charge in [-0.2, -0.15) is 4.37 Å². The highest BCUT2D eigenvalue weighted by atomic mass is 35.5. The molecule has 2 nitrogen and oxygen atoms in total. The summed E-state index contributed by atoms with van der Waals surface area (Å²) in [6, 6.07) is 5.67. The predicted octanol–water partition coefficient (Wildman–Crippen LogP) is 2.41. The monoisotopic (exact) mass is 198 g/mol. The van der Waals surface area contributed by atoms with Gasteiger partial charge in [0.05, 0.1) is 5.52 Å². The number of nitrogens with zero attached hydrogens (tertiary/aromatic N) is 1. The third-order valence-corrected chi connectivity index (χ3v) is 2.83. The number of rotatable bonds is 1. The SMILES string of the molecule is NCc1snc2cc(Cl)ccc12. The minimum Gasteiger partial charge on any atom is -0.326 e. The summed E-state index contributed by atoms with van der Waals surface area (Å²) < 4.78 is 4.23. The van der Waals surface area contributed by atoms with Crippen LogP contribution in [0.4, 0.5) is 0 Å². The summed E-state index contributed by atoms with van der Waals surface area (Å²) in [4.78, 5) is 1.11. The molecule has 0 fully saturated rings. The summed E-state index contributed by atoms with van der Waals surface area (Å²) in [6.45, 7) is 0.544. The fraction of sp³-hybridized carbons (Fsp3) is 0.125. The van der Waals surface area contributed by atoms with Crippen LogP contribution in [0.5, 0.6) is 0 Å². The first-order valence-corrected chi connectivity index (χ1v) is 4.70. The van der Waals surface area contributed by atoms with E-state index in [1.54, 1.807) is 0 Å². The Morgan fingerprint density at radius 1 is 1.50 bits per heavy atom. The molecule has 0 unspecified atom stereocenters. The van der Waals surface area contributed by atoms with Crippen LogP contribution in [0, 0.1) is 0 Å². The Bertz CT molecular complexity index is 410. The highest BCUT2D eigenvalue weighted by Crippen LogP contribution is 2.24. The Morgan fingerprint density at radius 2 is 2.33 bits per heavy atom. The fourth-order valence-electron chi connectivity index (χ4n) is 1.12. The Kier molecular flexibility index (Phi) is 2.00. The van der Waals surface area contributed by atoms with E-state index >= 15 is 0 Å². The summed E-state index contributed by atoms with van der Waals surface area (Å²) >= 11 is 7.24. The van der Waals surface area contributed by atoms with E-state index in [4.69, 9.17) is 17.3 Å². The first-order chi connectivity index (χ1) is 5.81. The molecule has 0 spiro atoms. The maximum atomic E-state index is 5.80. The molecule has 62 valence electrons. The van der Waals surface area contributed by atoms with Crippen LogP contribution < -0.4 is 5.73 Å². The second-order valence-electron chi connectivity index (χ2n) is 2.47. The molecule has 1 heterocycles. The van der Waals surface area contributed by atoms with Crippen LogP contribution in [0.2, 0.25) is 5.02 Å². The van der Waals surface area contributed by atoms with Crippen molar-refractivity contribution in [1.29, 1.82) is 0 Å². The van der Waals surface area contributed by atoms with Crippen LogP contribution in [0.15, 0.2) is 18.2 Å². The number of hydrogen-bond acceptors (Lipinski definition) is 3. The third-order valence-electron chi connectivity index (χ3n) is 1.70. The average Bonchev–Trinajstić information content (AvgIpc) is 2.46. The standard InChI is InChI=1S/C8H7ClN2S/c9-5-1-2-6-7(3-5)11-12-8(6)4-10/h1-3H,4,10H2. The van der Waals surface area contributed by atoms with E-state index in [0.717, 1.165) is 20.8 Å². The molecule has 0 atom stereocenters. The molecule has 0 saturated heterocycles. The summed E-state index contributed by atoms with van der Waals surface area (Å²) in [5.74, 6) is 0. The van der Waals surface area contributed by atoms with Crippen molar-refractivity contribution in [3.05, 3.63) is 28.1 Å². The average molecular weight is 199 g/mol. The minimum atomic E-state index is 0.544. The van der Waals surface area contributed by atoms with Crippen molar-refractivity contribution in [2.75, 3.05) is 0 Å². The zero-order valence-electron chi connectivity index (χ0n) is 6.25. The molecule has 1 aromatic heterocycles. The quantitative estimate of drug-likeness (QED) is 0.765. The second-order valence-corrected chi connectivity index (χ2v) is 3.77. The van der Waals surface area contributed by atoms with Crippen molar-refractivity contribution in [1.82, 2.24) is 4.37 Å². The van der Waals surface area contributed by atoms with Crippen LogP contribution in [0.3, 0.4) is 0 Å². The van der Waals surface area contributed by atoms with Gasteiger partial charge < -0.3 is 5.73 Å². The lowest BCUT2D eigenvalue weighted by Gasteiger charge is -1.91. The lowest BCUT2D eigenvalue weighted by molar-refractivity contribution is 1.12. The van der Waals surface area contributed by atoms with Crippen LogP contribution in [0.1, 0.15) is 4.88 Å². The van der Waals surface area contributed by atoms with E-state index in [0.29, 0.717) is 6.54 Å². The van der Waals surface area contributed by atoms with Gasteiger partial charge in [0.2, 0.25) is 0 Å². The molecule has 2 N–H and O–H groups in total. The first kappa shape index (κ1) is 7.98. The van der Waals surface area contributed by atoms with E-state index in [1.807, 2.05) is 18.2 Å². The summed E-state index contributed by atoms with van der Waals surface area (Å²) in [5.41, 5.74) is 6.47. The van der Waals surface area contributed by atoms with Crippen LogP contribution in [-0.2, 0) is 6.54 Å². The maximum Gasteiger partial charge on any atom is 0.0858 e. The van der Waals surface area contributed by atoms with Crippen molar-refractivity contribution in [2.45, 2.75) is 6.54 Å². The van der Waals surface area contributed by atoms with Gasteiger partial charge in [-0.05, 0) is 23.7 Å². The van der Waals surface area contributed by atoms with Crippen LogP contribution in [-0.4, -0.2) is 4.37 Å². The van der Waals surface area contributed by atoms with E-state index in [2.05, 4.69) is 4.37 Å². The van der Waals surface area contributed by atoms with Crippen molar-refractivity contribution in [3.8, 4) is 0 Å². The lowest BCUT2D eigenvalue weighted by atomic mass is 10.2. The smallest absolute Gasteiger partial charge is 0.0858 e. The molecule has 2 rings (SSSR count). The van der Waals surface area contributed by atoms with Gasteiger partial charge in [0.15, 0.2) is 0 Å². The first-order valence-electron chi connectivity index (χ1n) is 3.55. The summed E-state index contributed by atoms with van der Waals surface area (Å²) in [5, 5.41) is 1.84. The van der Waals surface area contributed by atoms with E-state index in [9.17, 15) is 0 Å². The molecular weight excluding hydrogens is 192 g/mol. The van der Waals surface area contributed by atoms with E-state index in [-0.39, 0.29) is 0 Å². The van der Waals surface area contributed by atoms with Crippen LogP contribution in [0.25, 0.3) is 10.9 Å². The van der Waals surface area contributed by atoms with Gasteiger partial charge >= 0.3 is 0 Å². The Labute approximate surface area is 79.1 Å². The number of fused-ring (bicyclic) bond motifs is 1. The van der Waals surface area contributed by atoms with Gasteiger partial charge in [-0.3, -0.25) is 0 Å². The Morgan fingerprint density at radius 3 is 3.08 bits per heavy atom. The maximum absolute atomic E-state index is 5.80. The largest absolute Gasteiger partial charge is 0.326 e. The molecule has 0 saturated carbocycles.